The van der Waals surface area contributed by atoms with Crippen molar-refractivity contribution < 1.29 is 0 Å². The van der Waals surface area contributed by atoms with Gasteiger partial charge in [0.1, 0.15) is 0 Å². The number of pyridine rings is 1. The summed E-state index contributed by atoms with van der Waals surface area (Å²) in [6.07, 6.45) is 1.67. The second kappa shape index (κ2) is 3.46. The number of anilines is 2. The van der Waals surface area contributed by atoms with Gasteiger partial charge in [0.15, 0.2) is 0 Å². The van der Waals surface area contributed by atoms with Crippen LogP contribution >= 0.6 is 15.9 Å². The maximum atomic E-state index is 5.81. The Morgan fingerprint density at radius 1 is 1.43 bits per heavy atom. The molecule has 3 N–H and O–H groups in total. The number of nitrogen functional groups attached to an aromatic ring is 1. The minimum Gasteiger partial charge on any atom is -0.396 e. The summed E-state index contributed by atoms with van der Waals surface area (Å²) < 4.78 is 0.978. The summed E-state index contributed by atoms with van der Waals surface area (Å²) in [6, 6.07) is 5.93. The van der Waals surface area contributed by atoms with Gasteiger partial charge in [0, 0.05) is 16.9 Å². The van der Waals surface area contributed by atoms with Crippen molar-refractivity contribution in [2.75, 3.05) is 18.1 Å². The number of nitrogens with one attached hydrogen (secondary N) is 1. The first kappa shape index (κ1) is 9.27. The number of nitrogens with two attached hydrogens (primary N) is 1. The molecule has 0 radical (unpaired) electrons. The summed E-state index contributed by atoms with van der Waals surface area (Å²) in [7, 11) is 1.85. The number of para-hydroxylation sites is 1. The fourth-order valence-electron chi connectivity index (χ4n) is 1.48. The molecule has 0 spiro atoms. The van der Waals surface area contributed by atoms with Gasteiger partial charge in [0.25, 0.3) is 0 Å². The molecule has 1 aromatic carbocycles. The molecule has 1 aromatic heterocycles. The Morgan fingerprint density at radius 3 is 2.93 bits per heavy atom. The number of hydrogen-bond acceptors (Lipinski definition) is 3. The zero-order valence-electron chi connectivity index (χ0n) is 7.71. The van der Waals surface area contributed by atoms with E-state index in [-0.39, 0.29) is 0 Å². The van der Waals surface area contributed by atoms with Gasteiger partial charge in [-0.15, -0.1) is 0 Å². The molecular formula is C10H10BrN3. The van der Waals surface area contributed by atoms with Crippen molar-refractivity contribution in [1.29, 1.82) is 0 Å². The molecule has 2 rings (SSSR count). The van der Waals surface area contributed by atoms with Crippen LogP contribution in [0.1, 0.15) is 0 Å². The Hall–Kier alpha value is -1.29. The fourth-order valence-corrected chi connectivity index (χ4v) is 1.95. The standard InChI is InChI=1S/C10H10BrN3/c1-13-10-6-3-2-4-7(11)9(6)14-5-8(10)12/h2-5H,12H2,1H3,(H,13,14). The van der Waals surface area contributed by atoms with E-state index in [0.717, 1.165) is 21.1 Å². The maximum absolute atomic E-state index is 5.81. The minimum absolute atomic E-state index is 0.665. The molecule has 0 saturated heterocycles. The zero-order valence-corrected chi connectivity index (χ0v) is 9.30. The lowest BCUT2D eigenvalue weighted by molar-refractivity contribution is 1.39. The second-order valence-corrected chi connectivity index (χ2v) is 3.83. The van der Waals surface area contributed by atoms with Crippen LogP contribution in [0.2, 0.25) is 0 Å². The van der Waals surface area contributed by atoms with Crippen LogP contribution in [0.3, 0.4) is 0 Å². The third kappa shape index (κ3) is 1.32. The maximum Gasteiger partial charge on any atom is 0.0866 e. The van der Waals surface area contributed by atoms with Gasteiger partial charge in [-0.3, -0.25) is 4.98 Å². The summed E-state index contributed by atoms with van der Waals surface area (Å²) >= 11 is 3.45. The molecule has 2 aromatic rings. The van der Waals surface area contributed by atoms with E-state index in [1.165, 1.54) is 0 Å². The van der Waals surface area contributed by atoms with Crippen LogP contribution in [-0.2, 0) is 0 Å². The Morgan fingerprint density at radius 2 is 2.21 bits per heavy atom. The lowest BCUT2D eigenvalue weighted by Crippen LogP contribution is -1.98. The van der Waals surface area contributed by atoms with Crippen LogP contribution in [0.5, 0.6) is 0 Å². The van der Waals surface area contributed by atoms with E-state index >= 15 is 0 Å². The monoisotopic (exact) mass is 251 g/mol. The minimum atomic E-state index is 0.665. The molecule has 14 heavy (non-hydrogen) atoms. The topological polar surface area (TPSA) is 50.9 Å². The van der Waals surface area contributed by atoms with Crippen LogP contribution in [0.25, 0.3) is 10.9 Å². The summed E-state index contributed by atoms with van der Waals surface area (Å²) in [5.74, 6) is 0. The van der Waals surface area contributed by atoms with Crippen LogP contribution in [-0.4, -0.2) is 12.0 Å². The predicted octanol–water partition coefficient (Wildman–Crippen LogP) is 2.62. The zero-order chi connectivity index (χ0) is 10.1. The molecular weight excluding hydrogens is 242 g/mol. The molecule has 0 aliphatic heterocycles. The van der Waals surface area contributed by atoms with E-state index in [1.54, 1.807) is 6.20 Å². The van der Waals surface area contributed by atoms with Crippen molar-refractivity contribution in [2.45, 2.75) is 0 Å². The highest BCUT2D eigenvalue weighted by molar-refractivity contribution is 9.10. The molecule has 0 bridgehead atoms. The van der Waals surface area contributed by atoms with Crippen LogP contribution in [0, 0.1) is 0 Å². The van der Waals surface area contributed by atoms with E-state index in [9.17, 15) is 0 Å². The van der Waals surface area contributed by atoms with Gasteiger partial charge in [-0.05, 0) is 22.0 Å². The highest BCUT2D eigenvalue weighted by atomic mass is 79.9. The Balaban J connectivity index is 2.88. The van der Waals surface area contributed by atoms with Crippen molar-refractivity contribution in [3.8, 4) is 0 Å². The van der Waals surface area contributed by atoms with Crippen molar-refractivity contribution in [1.82, 2.24) is 4.98 Å². The predicted molar refractivity (Wildman–Crippen MR) is 63.4 cm³/mol. The molecule has 3 nitrogen and oxygen atoms in total. The normalized spacial score (nSPS) is 10.4. The first-order valence-corrected chi connectivity index (χ1v) is 5.04. The average molecular weight is 252 g/mol. The number of hydrogen-bond donors (Lipinski definition) is 2. The van der Waals surface area contributed by atoms with E-state index in [0.29, 0.717) is 5.69 Å². The largest absolute Gasteiger partial charge is 0.396 e. The second-order valence-electron chi connectivity index (χ2n) is 2.97. The van der Waals surface area contributed by atoms with Crippen molar-refractivity contribution in [2.24, 2.45) is 0 Å². The number of benzene rings is 1. The van der Waals surface area contributed by atoms with Crippen molar-refractivity contribution in [3.63, 3.8) is 0 Å². The van der Waals surface area contributed by atoms with Gasteiger partial charge < -0.3 is 11.1 Å². The van der Waals surface area contributed by atoms with E-state index in [1.807, 2.05) is 25.2 Å². The van der Waals surface area contributed by atoms with Gasteiger partial charge in [-0.2, -0.15) is 0 Å². The Labute approximate surface area is 90.5 Å². The molecule has 0 aliphatic carbocycles. The molecule has 1 heterocycles. The number of fused-ring (bicyclic) bond motifs is 1. The number of nitrogens with zero attached hydrogens (tertiary/aromatic N) is 1. The van der Waals surface area contributed by atoms with Crippen LogP contribution in [0.15, 0.2) is 28.9 Å². The Bertz CT molecular complexity index is 482. The molecule has 0 amide bonds. The lowest BCUT2D eigenvalue weighted by atomic mass is 10.1. The highest BCUT2D eigenvalue weighted by Crippen LogP contribution is 2.30. The Kier molecular flexibility index (Phi) is 2.29. The molecule has 0 fully saturated rings. The van der Waals surface area contributed by atoms with Gasteiger partial charge in [0.05, 0.1) is 23.1 Å². The summed E-state index contributed by atoms with van der Waals surface area (Å²) in [4.78, 5) is 4.28. The third-order valence-corrected chi connectivity index (χ3v) is 2.77. The SMILES string of the molecule is CNc1c(N)cnc2c(Br)cccc12. The number of aromatic nitrogens is 1. The van der Waals surface area contributed by atoms with Crippen molar-refractivity contribution >= 4 is 38.2 Å². The lowest BCUT2D eigenvalue weighted by Gasteiger charge is -2.09. The van der Waals surface area contributed by atoms with Gasteiger partial charge in [0.2, 0.25) is 0 Å². The molecule has 0 saturated carbocycles. The quantitative estimate of drug-likeness (QED) is 0.820. The highest BCUT2D eigenvalue weighted by Gasteiger charge is 2.06. The smallest absolute Gasteiger partial charge is 0.0866 e. The fraction of sp³-hybridized carbons (Fsp3) is 0.100. The van der Waals surface area contributed by atoms with E-state index in [2.05, 4.69) is 26.2 Å². The third-order valence-electron chi connectivity index (χ3n) is 2.13. The molecule has 72 valence electrons. The van der Waals surface area contributed by atoms with E-state index in [4.69, 9.17) is 5.73 Å². The first-order chi connectivity index (χ1) is 6.74. The van der Waals surface area contributed by atoms with Gasteiger partial charge >= 0.3 is 0 Å². The first-order valence-electron chi connectivity index (χ1n) is 4.24. The van der Waals surface area contributed by atoms with Gasteiger partial charge in [-0.25, -0.2) is 0 Å². The van der Waals surface area contributed by atoms with Gasteiger partial charge in [-0.1, -0.05) is 12.1 Å². The summed E-state index contributed by atoms with van der Waals surface area (Å²) in [5.41, 5.74) is 8.32. The number of rotatable bonds is 1. The molecule has 0 aliphatic rings. The molecule has 0 atom stereocenters. The number of halogens is 1. The molecule has 0 unspecified atom stereocenters. The summed E-state index contributed by atoms with van der Waals surface area (Å²) in [6.45, 7) is 0. The van der Waals surface area contributed by atoms with Crippen LogP contribution in [0.4, 0.5) is 11.4 Å². The molecule has 4 heteroatoms. The van der Waals surface area contributed by atoms with Crippen molar-refractivity contribution in [3.05, 3.63) is 28.9 Å². The van der Waals surface area contributed by atoms with E-state index < -0.39 is 0 Å². The van der Waals surface area contributed by atoms with Crippen LogP contribution < -0.4 is 11.1 Å². The average Bonchev–Trinajstić information content (AvgIpc) is 2.18. The summed E-state index contributed by atoms with van der Waals surface area (Å²) in [5, 5.41) is 4.11.